The van der Waals surface area contributed by atoms with E-state index < -0.39 is 16.0 Å². The number of hydrogen-bond donors (Lipinski definition) is 4. The van der Waals surface area contributed by atoms with Crippen LogP contribution in [-0.4, -0.2) is 19.5 Å². The Morgan fingerprint density at radius 2 is 1.76 bits per heavy atom. The maximum absolute atomic E-state index is 12.3. The van der Waals surface area contributed by atoms with Crippen molar-refractivity contribution in [3.8, 4) is 0 Å². The van der Waals surface area contributed by atoms with Gasteiger partial charge in [0, 0.05) is 4.90 Å². The number of aromatic carboxylic acids is 1. The number of hydrogen-bond acceptors (Lipinski definition) is 5. The summed E-state index contributed by atoms with van der Waals surface area (Å²) >= 11 is 4.07. The topological polar surface area (TPSA) is 109 Å². The van der Waals surface area contributed by atoms with Gasteiger partial charge in [-0.05, 0) is 36.4 Å². The van der Waals surface area contributed by atoms with Crippen LogP contribution in [-0.2, 0) is 10.0 Å². The van der Waals surface area contributed by atoms with E-state index in [1.807, 2.05) is 0 Å². The van der Waals surface area contributed by atoms with Crippen LogP contribution in [0.3, 0.4) is 0 Å². The third-order valence-electron chi connectivity index (χ3n) is 2.71. The van der Waals surface area contributed by atoms with Crippen LogP contribution in [0.5, 0.6) is 0 Å². The number of nitrogens with two attached hydrogens (primary N) is 1. The molecular formula is C13H12N2O4S2. The average Bonchev–Trinajstić information content (AvgIpc) is 2.41. The third-order valence-corrected chi connectivity index (χ3v) is 4.37. The van der Waals surface area contributed by atoms with Crippen LogP contribution in [0.25, 0.3) is 0 Å². The number of anilines is 2. The Bertz CT molecular complexity index is 786. The lowest BCUT2D eigenvalue weighted by atomic mass is 10.1. The van der Waals surface area contributed by atoms with Crippen molar-refractivity contribution >= 4 is 40.0 Å². The second-order valence-electron chi connectivity index (χ2n) is 4.17. The minimum Gasteiger partial charge on any atom is -0.478 e. The summed E-state index contributed by atoms with van der Waals surface area (Å²) < 4.78 is 26.7. The molecule has 2 aromatic carbocycles. The van der Waals surface area contributed by atoms with Crippen molar-refractivity contribution in [2.24, 2.45) is 0 Å². The van der Waals surface area contributed by atoms with Crippen molar-refractivity contribution < 1.29 is 18.3 Å². The van der Waals surface area contributed by atoms with Crippen molar-refractivity contribution in [3.05, 3.63) is 48.0 Å². The minimum absolute atomic E-state index is 0.0140. The van der Waals surface area contributed by atoms with Gasteiger partial charge in [-0.2, -0.15) is 0 Å². The molecule has 0 atom stereocenters. The number of nitrogens with one attached hydrogen (secondary N) is 1. The molecule has 0 radical (unpaired) electrons. The quantitative estimate of drug-likeness (QED) is 0.508. The van der Waals surface area contributed by atoms with Crippen molar-refractivity contribution in [2.45, 2.75) is 9.79 Å². The number of para-hydroxylation sites is 1. The van der Waals surface area contributed by atoms with E-state index in [2.05, 4.69) is 17.4 Å². The summed E-state index contributed by atoms with van der Waals surface area (Å²) in [5.41, 5.74) is 5.33. The molecule has 0 amide bonds. The number of rotatable bonds is 4. The van der Waals surface area contributed by atoms with E-state index in [1.165, 1.54) is 42.5 Å². The lowest BCUT2D eigenvalue weighted by Crippen LogP contribution is -2.17. The van der Waals surface area contributed by atoms with Gasteiger partial charge in [0.2, 0.25) is 0 Å². The van der Waals surface area contributed by atoms with Gasteiger partial charge in [0.05, 0.1) is 21.8 Å². The summed E-state index contributed by atoms with van der Waals surface area (Å²) in [7, 11) is -3.94. The van der Waals surface area contributed by atoms with Crippen LogP contribution < -0.4 is 10.5 Å². The second-order valence-corrected chi connectivity index (χ2v) is 6.37. The van der Waals surface area contributed by atoms with Gasteiger partial charge in [0.1, 0.15) is 0 Å². The van der Waals surface area contributed by atoms with E-state index in [1.54, 1.807) is 0 Å². The highest BCUT2D eigenvalue weighted by molar-refractivity contribution is 7.92. The van der Waals surface area contributed by atoms with Gasteiger partial charge in [0.15, 0.2) is 0 Å². The highest BCUT2D eigenvalue weighted by Gasteiger charge is 2.20. The molecule has 0 saturated heterocycles. The molecule has 0 fully saturated rings. The molecule has 0 aliphatic rings. The van der Waals surface area contributed by atoms with Gasteiger partial charge < -0.3 is 10.8 Å². The molecule has 110 valence electrons. The zero-order chi connectivity index (χ0) is 15.6. The first-order chi connectivity index (χ1) is 9.81. The highest BCUT2D eigenvalue weighted by Crippen LogP contribution is 2.26. The van der Waals surface area contributed by atoms with E-state index in [0.717, 1.165) is 0 Å². The standard InChI is InChI=1S/C13H12N2O4S2/c14-11-3-1-2-10(13(16)17)12(11)15-21(18,19)9-6-4-8(20)5-7-9/h1-7,15,20H,14H2,(H,16,17). The first-order valence-electron chi connectivity index (χ1n) is 5.75. The number of carboxylic acids is 1. The molecular weight excluding hydrogens is 312 g/mol. The Hall–Kier alpha value is -2.19. The lowest BCUT2D eigenvalue weighted by molar-refractivity contribution is 0.0698. The summed E-state index contributed by atoms with van der Waals surface area (Å²) in [6.07, 6.45) is 0. The van der Waals surface area contributed by atoms with Gasteiger partial charge in [-0.3, -0.25) is 4.72 Å². The summed E-state index contributed by atoms with van der Waals surface area (Å²) in [6.45, 7) is 0. The zero-order valence-electron chi connectivity index (χ0n) is 10.6. The average molecular weight is 324 g/mol. The Balaban J connectivity index is 2.46. The van der Waals surface area contributed by atoms with Gasteiger partial charge >= 0.3 is 5.97 Å². The fraction of sp³-hybridized carbons (Fsp3) is 0. The molecule has 2 aromatic rings. The Morgan fingerprint density at radius 3 is 2.33 bits per heavy atom. The molecule has 4 N–H and O–H groups in total. The molecule has 0 aliphatic carbocycles. The minimum atomic E-state index is -3.94. The maximum Gasteiger partial charge on any atom is 0.337 e. The molecule has 2 rings (SSSR count). The largest absolute Gasteiger partial charge is 0.478 e. The van der Waals surface area contributed by atoms with E-state index in [9.17, 15) is 13.2 Å². The smallest absolute Gasteiger partial charge is 0.337 e. The fourth-order valence-corrected chi connectivity index (χ4v) is 2.94. The van der Waals surface area contributed by atoms with Crippen LogP contribution in [0.15, 0.2) is 52.3 Å². The fourth-order valence-electron chi connectivity index (χ4n) is 1.68. The van der Waals surface area contributed by atoms with E-state index in [0.29, 0.717) is 4.90 Å². The summed E-state index contributed by atoms with van der Waals surface area (Å²) in [5, 5.41) is 9.09. The Morgan fingerprint density at radius 1 is 1.14 bits per heavy atom. The van der Waals surface area contributed by atoms with Crippen molar-refractivity contribution in [2.75, 3.05) is 10.5 Å². The van der Waals surface area contributed by atoms with Crippen molar-refractivity contribution in [1.29, 1.82) is 0 Å². The first kappa shape index (κ1) is 15.2. The number of sulfonamides is 1. The monoisotopic (exact) mass is 324 g/mol. The number of nitrogen functional groups attached to an aromatic ring is 1. The van der Waals surface area contributed by atoms with Crippen LogP contribution in [0.1, 0.15) is 10.4 Å². The Labute approximate surface area is 127 Å². The maximum atomic E-state index is 12.3. The third kappa shape index (κ3) is 3.29. The Kier molecular flexibility index (Phi) is 4.10. The molecule has 0 aromatic heterocycles. The molecule has 0 saturated carbocycles. The predicted molar refractivity (Wildman–Crippen MR) is 82.3 cm³/mol. The van der Waals surface area contributed by atoms with Gasteiger partial charge in [-0.15, -0.1) is 12.6 Å². The van der Waals surface area contributed by atoms with Gasteiger partial charge in [0.25, 0.3) is 10.0 Å². The molecule has 0 bridgehead atoms. The molecule has 0 spiro atoms. The normalized spacial score (nSPS) is 11.1. The van der Waals surface area contributed by atoms with Crippen molar-refractivity contribution in [1.82, 2.24) is 0 Å². The second kappa shape index (κ2) is 5.66. The van der Waals surface area contributed by atoms with E-state index >= 15 is 0 Å². The van der Waals surface area contributed by atoms with Crippen LogP contribution in [0.4, 0.5) is 11.4 Å². The van der Waals surface area contributed by atoms with E-state index in [-0.39, 0.29) is 21.8 Å². The molecule has 0 aliphatic heterocycles. The van der Waals surface area contributed by atoms with Gasteiger partial charge in [-0.1, -0.05) is 6.07 Å². The van der Waals surface area contributed by atoms with Crippen LogP contribution >= 0.6 is 12.6 Å². The summed E-state index contributed by atoms with van der Waals surface area (Å²) in [4.78, 5) is 11.7. The molecule has 0 heterocycles. The summed E-state index contributed by atoms with van der Waals surface area (Å²) in [5.74, 6) is -1.27. The molecule has 0 unspecified atom stereocenters. The number of benzene rings is 2. The molecule has 8 heteroatoms. The SMILES string of the molecule is Nc1cccc(C(=O)O)c1NS(=O)(=O)c1ccc(S)cc1. The number of carboxylic acid groups (broad SMARTS) is 1. The zero-order valence-corrected chi connectivity index (χ0v) is 12.4. The van der Waals surface area contributed by atoms with Crippen LogP contribution in [0, 0.1) is 0 Å². The summed E-state index contributed by atoms with van der Waals surface area (Å²) in [6, 6.07) is 9.89. The first-order valence-corrected chi connectivity index (χ1v) is 7.68. The predicted octanol–water partition coefficient (Wildman–Crippen LogP) is 2.06. The molecule has 6 nitrogen and oxygen atoms in total. The number of thiol groups is 1. The van der Waals surface area contributed by atoms with Gasteiger partial charge in [-0.25, -0.2) is 13.2 Å². The number of carbonyl (C=O) groups is 1. The van der Waals surface area contributed by atoms with E-state index in [4.69, 9.17) is 10.8 Å². The van der Waals surface area contributed by atoms with Crippen LogP contribution in [0.2, 0.25) is 0 Å². The van der Waals surface area contributed by atoms with Crippen molar-refractivity contribution in [3.63, 3.8) is 0 Å². The lowest BCUT2D eigenvalue weighted by Gasteiger charge is -2.13. The highest BCUT2D eigenvalue weighted by atomic mass is 32.2. The molecule has 21 heavy (non-hydrogen) atoms.